The van der Waals surface area contributed by atoms with Crippen LogP contribution in [0.5, 0.6) is 0 Å². The van der Waals surface area contributed by atoms with Gasteiger partial charge in [0.1, 0.15) is 16.7 Å². The number of rotatable bonds is 10. The van der Waals surface area contributed by atoms with Gasteiger partial charge in [0.2, 0.25) is 5.91 Å². The van der Waals surface area contributed by atoms with Gasteiger partial charge in [0, 0.05) is 31.0 Å². The first-order valence-electron chi connectivity index (χ1n) is 10.9. The Hall–Kier alpha value is -4.12. The predicted octanol–water partition coefficient (Wildman–Crippen LogP) is 2.43. The summed E-state index contributed by atoms with van der Waals surface area (Å²) < 4.78 is 27.0. The van der Waals surface area contributed by atoms with Crippen LogP contribution in [0.25, 0.3) is 17.3 Å². The van der Waals surface area contributed by atoms with Crippen LogP contribution >= 0.6 is 0 Å². The number of amides is 2. The lowest BCUT2D eigenvalue weighted by molar-refractivity contribution is -0.117. The Bertz CT molecular complexity index is 1350. The number of nitrogens with zero attached hydrogens (tertiary/aromatic N) is 4. The van der Waals surface area contributed by atoms with Crippen molar-refractivity contribution in [3.05, 3.63) is 77.9 Å². The smallest absolute Gasteiger partial charge is 0.251 e. The molecule has 0 aliphatic carbocycles. The average molecular weight is 511 g/mol. The summed E-state index contributed by atoms with van der Waals surface area (Å²) in [6.07, 6.45) is 6.29. The number of carbonyl (C=O) groups is 2. The van der Waals surface area contributed by atoms with Gasteiger partial charge in [-0.1, -0.05) is 12.7 Å². The Kier molecular flexibility index (Phi) is 8.49. The summed E-state index contributed by atoms with van der Waals surface area (Å²) in [6.45, 7) is 5.63. The summed E-state index contributed by atoms with van der Waals surface area (Å²) in [5.41, 5.74) is 8.05. The van der Waals surface area contributed by atoms with E-state index in [1.54, 1.807) is 66.2 Å². The van der Waals surface area contributed by atoms with Gasteiger partial charge in [-0.05, 0) is 55.0 Å². The maximum atomic E-state index is 13.3. The predicted molar refractivity (Wildman–Crippen MR) is 138 cm³/mol. The Morgan fingerprint density at radius 3 is 2.56 bits per heavy atom. The van der Waals surface area contributed by atoms with Crippen LogP contribution in [0.2, 0.25) is 0 Å². The molecule has 36 heavy (non-hydrogen) atoms. The zero-order valence-electron chi connectivity index (χ0n) is 20.2. The van der Waals surface area contributed by atoms with E-state index in [0.717, 1.165) is 0 Å². The molecule has 0 fully saturated rings. The summed E-state index contributed by atoms with van der Waals surface area (Å²) in [6, 6.07) is 9.15. The molecular weight excluding hydrogens is 483 g/mol. The lowest BCUT2D eigenvalue weighted by Gasteiger charge is -2.18. The average Bonchev–Trinajstić information content (AvgIpc) is 3.26. The van der Waals surface area contributed by atoms with E-state index < -0.39 is 16.7 Å². The molecule has 0 aliphatic rings. The maximum Gasteiger partial charge on any atom is 0.251 e. The molecule has 0 saturated carbocycles. The Morgan fingerprint density at radius 2 is 1.97 bits per heavy atom. The zero-order chi connectivity index (χ0) is 26.4. The Balaban J connectivity index is 1.85. The maximum absolute atomic E-state index is 13.3. The van der Waals surface area contributed by atoms with Crippen LogP contribution in [0.15, 0.2) is 60.3 Å². The van der Waals surface area contributed by atoms with E-state index in [2.05, 4.69) is 22.0 Å². The van der Waals surface area contributed by atoms with Crippen molar-refractivity contribution < 1.29 is 18.2 Å². The van der Waals surface area contributed by atoms with E-state index in [-0.39, 0.29) is 24.8 Å². The third-order valence-corrected chi connectivity index (χ3v) is 6.07. The van der Waals surface area contributed by atoms with E-state index in [9.17, 15) is 18.2 Å². The molecule has 0 aliphatic heterocycles. The number of hydrogen-bond donors (Lipinski definition) is 2. The van der Waals surface area contributed by atoms with Crippen molar-refractivity contribution >= 4 is 40.1 Å². The lowest BCUT2D eigenvalue weighted by Crippen LogP contribution is -2.31. The molecule has 3 aromatic rings. The SMILES string of the molecule is C=Cc1c(/C(=C\C)C(=O)NCc2cc(N(C)CC(N)=O)nc(S(C)=O)c2)cnn1-c1ccc(F)cc1. The number of pyridine rings is 1. The molecule has 1 unspecified atom stereocenters. The number of primary amides is 1. The number of benzene rings is 1. The number of hydrogen-bond acceptors (Lipinski definition) is 6. The monoisotopic (exact) mass is 510 g/mol. The fraction of sp³-hybridized carbons (Fsp3) is 0.200. The molecular formula is C25H27FN6O3S. The molecule has 0 radical (unpaired) electrons. The van der Waals surface area contributed by atoms with E-state index in [1.165, 1.54) is 18.4 Å². The number of allylic oxidation sites excluding steroid dienone is 1. The molecule has 3 N–H and O–H groups in total. The zero-order valence-corrected chi connectivity index (χ0v) is 21.0. The van der Waals surface area contributed by atoms with Crippen molar-refractivity contribution in [2.24, 2.45) is 5.73 Å². The van der Waals surface area contributed by atoms with Crippen molar-refractivity contribution in [1.29, 1.82) is 0 Å². The number of anilines is 1. The van der Waals surface area contributed by atoms with Crippen molar-refractivity contribution in [2.45, 2.75) is 18.5 Å². The van der Waals surface area contributed by atoms with Gasteiger partial charge in [0.05, 0.1) is 34.9 Å². The van der Waals surface area contributed by atoms with Crippen LogP contribution in [-0.2, 0) is 26.9 Å². The molecule has 188 valence electrons. The summed E-state index contributed by atoms with van der Waals surface area (Å²) in [5, 5.41) is 7.54. The van der Waals surface area contributed by atoms with Crippen LogP contribution in [0, 0.1) is 5.82 Å². The van der Waals surface area contributed by atoms with Crippen LogP contribution in [0.4, 0.5) is 10.2 Å². The first kappa shape index (κ1) is 26.5. The minimum Gasteiger partial charge on any atom is -0.368 e. The number of aromatic nitrogens is 3. The summed E-state index contributed by atoms with van der Waals surface area (Å²) >= 11 is 0. The highest BCUT2D eigenvalue weighted by molar-refractivity contribution is 7.84. The number of nitrogens with two attached hydrogens (primary N) is 1. The van der Waals surface area contributed by atoms with Gasteiger partial charge < -0.3 is 16.0 Å². The van der Waals surface area contributed by atoms with Crippen LogP contribution < -0.4 is 16.0 Å². The second-order valence-corrected chi connectivity index (χ2v) is 9.20. The first-order valence-corrected chi connectivity index (χ1v) is 12.5. The fourth-order valence-electron chi connectivity index (χ4n) is 3.54. The molecule has 11 heteroatoms. The summed E-state index contributed by atoms with van der Waals surface area (Å²) in [4.78, 5) is 30.3. The highest BCUT2D eigenvalue weighted by Crippen LogP contribution is 2.24. The molecule has 2 heterocycles. The van der Waals surface area contributed by atoms with E-state index in [4.69, 9.17) is 5.73 Å². The van der Waals surface area contributed by atoms with Gasteiger partial charge >= 0.3 is 0 Å². The van der Waals surface area contributed by atoms with E-state index in [0.29, 0.717) is 38.9 Å². The molecule has 3 rings (SSSR count). The van der Waals surface area contributed by atoms with Crippen LogP contribution in [0.3, 0.4) is 0 Å². The summed E-state index contributed by atoms with van der Waals surface area (Å²) in [7, 11) is 0.266. The van der Waals surface area contributed by atoms with Gasteiger partial charge in [-0.25, -0.2) is 14.1 Å². The summed E-state index contributed by atoms with van der Waals surface area (Å²) in [5.74, 6) is -0.849. The Morgan fingerprint density at radius 1 is 1.28 bits per heavy atom. The van der Waals surface area contributed by atoms with Gasteiger partial charge in [0.25, 0.3) is 5.91 Å². The first-order chi connectivity index (χ1) is 17.1. The topological polar surface area (TPSA) is 123 Å². The minimum absolute atomic E-state index is 0.0658. The van der Waals surface area contributed by atoms with Crippen molar-refractivity contribution in [2.75, 3.05) is 24.7 Å². The van der Waals surface area contributed by atoms with Crippen molar-refractivity contribution in [3.8, 4) is 5.69 Å². The second kappa shape index (κ2) is 11.5. The van der Waals surface area contributed by atoms with Crippen LogP contribution in [-0.4, -0.2) is 50.6 Å². The van der Waals surface area contributed by atoms with E-state index in [1.807, 2.05) is 0 Å². The normalized spacial score (nSPS) is 12.2. The van der Waals surface area contributed by atoms with Crippen LogP contribution in [0.1, 0.15) is 23.7 Å². The third-order valence-electron chi connectivity index (χ3n) is 5.27. The third kappa shape index (κ3) is 6.11. The molecule has 1 aromatic carbocycles. The molecule has 0 spiro atoms. The molecule has 2 amide bonds. The molecule has 0 saturated heterocycles. The number of halogens is 1. The standard InChI is InChI=1S/C25H27FN6O3S/c1-5-19(20-14-29-32(21(20)6-2)18-9-7-17(26)8-10-18)25(34)28-13-16-11-23(31(3)15-22(27)33)30-24(12-16)36(4)35/h5-12,14H,2,13,15H2,1,3-4H3,(H2,27,33)(H,28,34)/b19-5+. The highest BCUT2D eigenvalue weighted by atomic mass is 32.2. The van der Waals surface area contributed by atoms with E-state index >= 15 is 0 Å². The van der Waals surface area contributed by atoms with Crippen molar-refractivity contribution in [1.82, 2.24) is 20.1 Å². The molecule has 0 bridgehead atoms. The number of nitrogens with one attached hydrogen (secondary N) is 1. The number of carbonyl (C=O) groups excluding carboxylic acids is 2. The minimum atomic E-state index is -1.38. The van der Waals surface area contributed by atoms with Gasteiger partial charge in [-0.3, -0.25) is 13.8 Å². The van der Waals surface area contributed by atoms with Gasteiger partial charge in [-0.15, -0.1) is 0 Å². The highest BCUT2D eigenvalue weighted by Gasteiger charge is 2.19. The Labute approximate surface area is 211 Å². The molecule has 2 aromatic heterocycles. The second-order valence-electron chi connectivity index (χ2n) is 7.87. The number of likely N-dealkylation sites (N-methyl/N-ethyl adjacent to an activating group) is 1. The van der Waals surface area contributed by atoms with Gasteiger partial charge in [0.15, 0.2) is 0 Å². The quantitative estimate of drug-likeness (QED) is 0.404. The molecule has 9 nitrogen and oxygen atoms in total. The molecule has 1 atom stereocenters. The largest absolute Gasteiger partial charge is 0.368 e. The fourth-order valence-corrected chi connectivity index (χ4v) is 4.08. The lowest BCUT2D eigenvalue weighted by atomic mass is 10.1. The van der Waals surface area contributed by atoms with Gasteiger partial charge in [-0.2, -0.15) is 5.10 Å². The van der Waals surface area contributed by atoms with Crippen molar-refractivity contribution in [3.63, 3.8) is 0 Å².